The van der Waals surface area contributed by atoms with Crippen molar-refractivity contribution in [2.24, 2.45) is 0 Å². The van der Waals surface area contributed by atoms with Crippen molar-refractivity contribution >= 4 is 0 Å². The third-order valence-electron chi connectivity index (χ3n) is 2.47. The zero-order valence-corrected chi connectivity index (χ0v) is 10.9. The largest absolute Gasteiger partial charge is 0.493 e. The first-order chi connectivity index (χ1) is 8.98. The highest BCUT2D eigenvalue weighted by Crippen LogP contribution is 2.28. The van der Waals surface area contributed by atoms with Crippen LogP contribution in [0.5, 0.6) is 11.5 Å². The second-order valence-electron chi connectivity index (χ2n) is 3.89. The van der Waals surface area contributed by atoms with Gasteiger partial charge in [-0.15, -0.1) is 0 Å². The molecule has 0 saturated carbocycles. The van der Waals surface area contributed by atoms with Gasteiger partial charge in [-0.3, -0.25) is 4.98 Å². The lowest BCUT2D eigenvalue weighted by Gasteiger charge is -2.12. The molecule has 19 heavy (non-hydrogen) atoms. The number of aromatic nitrogens is 1. The molecule has 1 aromatic rings. The van der Waals surface area contributed by atoms with E-state index < -0.39 is 12.6 Å². The highest BCUT2D eigenvalue weighted by atomic mass is 19.4. The molecule has 0 unspecified atom stereocenters. The van der Waals surface area contributed by atoms with Crippen LogP contribution in [0.25, 0.3) is 0 Å². The number of methoxy groups -OCH3 is 2. The Hall–Kier alpha value is -1.50. The molecule has 0 aliphatic rings. The number of nitrogens with zero attached hydrogens (tertiary/aromatic N) is 1. The maximum atomic E-state index is 11.9. The molecule has 7 heteroatoms. The van der Waals surface area contributed by atoms with Crippen LogP contribution in [0.15, 0.2) is 12.3 Å². The summed E-state index contributed by atoms with van der Waals surface area (Å²) in [4.78, 5) is 4.11. The number of rotatable bonds is 7. The molecule has 0 aromatic carbocycles. The van der Waals surface area contributed by atoms with E-state index in [1.807, 2.05) is 0 Å². The van der Waals surface area contributed by atoms with E-state index in [-0.39, 0.29) is 13.0 Å². The van der Waals surface area contributed by atoms with Crippen LogP contribution in [0.3, 0.4) is 0 Å². The Balaban J connectivity index is 2.45. The van der Waals surface area contributed by atoms with Gasteiger partial charge in [-0.25, -0.2) is 0 Å². The number of ether oxygens (including phenoxy) is 2. The van der Waals surface area contributed by atoms with Crippen LogP contribution in [0.1, 0.15) is 18.5 Å². The van der Waals surface area contributed by atoms with Crippen molar-refractivity contribution in [1.29, 1.82) is 0 Å². The van der Waals surface area contributed by atoms with Gasteiger partial charge in [-0.2, -0.15) is 13.2 Å². The standard InChI is InChI=1S/C12H17F3N2O2/c1-18-10-4-7-17-9(11(10)19-2)8-16-6-3-5-12(13,14)15/h4,7,16H,3,5-6,8H2,1-2H3. The first kappa shape index (κ1) is 15.6. The second-order valence-corrected chi connectivity index (χ2v) is 3.89. The molecule has 0 saturated heterocycles. The molecule has 1 heterocycles. The normalized spacial score (nSPS) is 11.4. The van der Waals surface area contributed by atoms with Crippen LogP contribution in [-0.2, 0) is 6.54 Å². The first-order valence-corrected chi connectivity index (χ1v) is 5.81. The topological polar surface area (TPSA) is 43.4 Å². The van der Waals surface area contributed by atoms with Crippen molar-refractivity contribution in [3.63, 3.8) is 0 Å². The summed E-state index contributed by atoms with van der Waals surface area (Å²) in [6.45, 7) is 0.597. The van der Waals surface area contributed by atoms with Crippen molar-refractivity contribution < 1.29 is 22.6 Å². The number of hydrogen-bond acceptors (Lipinski definition) is 4. The Kier molecular flexibility index (Phi) is 5.88. The summed E-state index contributed by atoms with van der Waals surface area (Å²) < 4.78 is 46.1. The van der Waals surface area contributed by atoms with Crippen molar-refractivity contribution in [3.05, 3.63) is 18.0 Å². The van der Waals surface area contributed by atoms with Gasteiger partial charge in [0.2, 0.25) is 0 Å². The summed E-state index contributed by atoms with van der Waals surface area (Å²) in [5.74, 6) is 1.04. The molecule has 1 aromatic heterocycles. The fraction of sp³-hybridized carbons (Fsp3) is 0.583. The zero-order chi connectivity index (χ0) is 14.3. The predicted octanol–water partition coefficient (Wildman–Crippen LogP) is 2.53. The van der Waals surface area contributed by atoms with E-state index in [9.17, 15) is 13.2 Å². The summed E-state index contributed by atoms with van der Waals surface area (Å²) in [5.41, 5.74) is 0.605. The molecule has 0 amide bonds. The predicted molar refractivity (Wildman–Crippen MR) is 64.3 cm³/mol. The van der Waals surface area contributed by atoms with Gasteiger partial charge in [0.05, 0.1) is 19.9 Å². The minimum Gasteiger partial charge on any atom is -0.493 e. The fourth-order valence-electron chi connectivity index (χ4n) is 1.60. The van der Waals surface area contributed by atoms with Crippen LogP contribution in [-0.4, -0.2) is 31.9 Å². The summed E-state index contributed by atoms with van der Waals surface area (Å²) in [5, 5.41) is 2.90. The van der Waals surface area contributed by atoms with Gasteiger partial charge in [0.15, 0.2) is 11.5 Å². The van der Waals surface area contributed by atoms with E-state index >= 15 is 0 Å². The van der Waals surface area contributed by atoms with Crippen LogP contribution in [0, 0.1) is 0 Å². The zero-order valence-electron chi connectivity index (χ0n) is 10.9. The molecule has 4 nitrogen and oxygen atoms in total. The summed E-state index contributed by atoms with van der Waals surface area (Å²) >= 11 is 0. The average molecular weight is 278 g/mol. The number of alkyl halides is 3. The van der Waals surface area contributed by atoms with Crippen molar-refractivity contribution in [2.75, 3.05) is 20.8 Å². The number of nitrogens with one attached hydrogen (secondary N) is 1. The van der Waals surface area contributed by atoms with Gasteiger partial charge in [0.25, 0.3) is 0 Å². The van der Waals surface area contributed by atoms with Crippen molar-refractivity contribution in [3.8, 4) is 11.5 Å². The third kappa shape index (κ3) is 5.34. The molecule has 108 valence electrons. The molecule has 0 atom stereocenters. The Morgan fingerprint density at radius 2 is 2.00 bits per heavy atom. The molecule has 1 rings (SSSR count). The van der Waals surface area contributed by atoms with E-state index in [2.05, 4.69) is 10.3 Å². The summed E-state index contributed by atoms with van der Waals surface area (Å²) in [6, 6.07) is 1.66. The number of halogens is 3. The molecule has 0 aliphatic carbocycles. The van der Waals surface area contributed by atoms with Gasteiger partial charge < -0.3 is 14.8 Å². The molecule has 0 radical (unpaired) electrons. The van der Waals surface area contributed by atoms with Gasteiger partial charge in [-0.05, 0) is 13.0 Å². The van der Waals surface area contributed by atoms with E-state index in [1.165, 1.54) is 14.2 Å². The molecule has 0 aliphatic heterocycles. The van der Waals surface area contributed by atoms with E-state index in [0.717, 1.165) is 0 Å². The van der Waals surface area contributed by atoms with Gasteiger partial charge in [-0.1, -0.05) is 0 Å². The SMILES string of the molecule is COc1ccnc(CNCCCC(F)(F)F)c1OC. The van der Waals surface area contributed by atoms with Crippen LogP contribution in [0.2, 0.25) is 0 Å². The molecular formula is C12H17F3N2O2. The maximum absolute atomic E-state index is 11.9. The minimum atomic E-state index is -4.10. The highest BCUT2D eigenvalue weighted by molar-refractivity contribution is 5.42. The molecular weight excluding hydrogens is 261 g/mol. The Morgan fingerprint density at radius 1 is 1.26 bits per heavy atom. The lowest BCUT2D eigenvalue weighted by molar-refractivity contribution is -0.135. The molecule has 0 fully saturated rings. The van der Waals surface area contributed by atoms with Crippen molar-refractivity contribution in [2.45, 2.75) is 25.6 Å². The van der Waals surface area contributed by atoms with Gasteiger partial charge >= 0.3 is 6.18 Å². The Morgan fingerprint density at radius 3 is 2.58 bits per heavy atom. The van der Waals surface area contributed by atoms with Crippen molar-refractivity contribution in [1.82, 2.24) is 10.3 Å². The van der Waals surface area contributed by atoms with E-state index in [4.69, 9.17) is 9.47 Å². The Labute approximate surface area is 109 Å². The van der Waals surface area contributed by atoms with E-state index in [0.29, 0.717) is 23.7 Å². The third-order valence-corrected chi connectivity index (χ3v) is 2.47. The minimum absolute atomic E-state index is 0.0375. The second kappa shape index (κ2) is 7.18. The smallest absolute Gasteiger partial charge is 0.389 e. The van der Waals surface area contributed by atoms with Crippen LogP contribution >= 0.6 is 0 Å². The number of pyridine rings is 1. The van der Waals surface area contributed by atoms with E-state index in [1.54, 1.807) is 12.3 Å². The first-order valence-electron chi connectivity index (χ1n) is 5.81. The lowest BCUT2D eigenvalue weighted by Crippen LogP contribution is -2.18. The average Bonchev–Trinajstić information content (AvgIpc) is 2.36. The van der Waals surface area contributed by atoms with Gasteiger partial charge in [0, 0.05) is 25.2 Å². The maximum Gasteiger partial charge on any atom is 0.389 e. The molecule has 1 N–H and O–H groups in total. The molecule has 0 spiro atoms. The fourth-order valence-corrected chi connectivity index (χ4v) is 1.60. The summed E-state index contributed by atoms with van der Waals surface area (Å²) in [7, 11) is 3.01. The molecule has 0 bridgehead atoms. The highest BCUT2D eigenvalue weighted by Gasteiger charge is 2.25. The van der Waals surface area contributed by atoms with Gasteiger partial charge in [0.1, 0.15) is 0 Å². The lowest BCUT2D eigenvalue weighted by atomic mass is 10.2. The van der Waals surface area contributed by atoms with Crippen LogP contribution < -0.4 is 14.8 Å². The summed E-state index contributed by atoms with van der Waals surface area (Å²) in [6.07, 6.45) is -3.29. The Bertz CT molecular complexity index is 397. The van der Waals surface area contributed by atoms with Crippen LogP contribution in [0.4, 0.5) is 13.2 Å². The quantitative estimate of drug-likeness (QED) is 0.778. The number of hydrogen-bond donors (Lipinski definition) is 1. The monoisotopic (exact) mass is 278 g/mol.